The van der Waals surface area contributed by atoms with Crippen LogP contribution in [0.25, 0.3) is 0 Å². The van der Waals surface area contributed by atoms with E-state index < -0.39 is 6.67 Å². The van der Waals surface area contributed by atoms with Gasteiger partial charge in [-0.3, -0.25) is 20.2 Å². The van der Waals surface area contributed by atoms with Crippen LogP contribution in [0.1, 0.15) is 33.6 Å². The van der Waals surface area contributed by atoms with Gasteiger partial charge in [0.05, 0.1) is 17.3 Å². The lowest BCUT2D eigenvalue weighted by atomic mass is 9.95. The molecule has 1 amide bonds. The van der Waals surface area contributed by atoms with Crippen molar-refractivity contribution >= 4 is 35.1 Å². The number of amidine groups is 1. The highest BCUT2D eigenvalue weighted by Gasteiger charge is 2.31. The minimum absolute atomic E-state index is 0.137. The third-order valence-corrected chi connectivity index (χ3v) is 6.87. The summed E-state index contributed by atoms with van der Waals surface area (Å²) >= 11 is 7.92. The van der Waals surface area contributed by atoms with E-state index in [0.717, 1.165) is 35.6 Å². The minimum atomic E-state index is -0.649. The topological polar surface area (TPSA) is 88.1 Å². The molecule has 2 N–H and O–H groups in total. The zero-order valence-electron chi connectivity index (χ0n) is 19.9. The van der Waals surface area contributed by atoms with Crippen molar-refractivity contribution in [3.63, 3.8) is 0 Å². The number of rotatable bonds is 7. The van der Waals surface area contributed by atoms with Crippen LogP contribution >= 0.6 is 23.4 Å². The first-order chi connectivity index (χ1) is 16.3. The van der Waals surface area contributed by atoms with Gasteiger partial charge in [0.2, 0.25) is 5.84 Å². The second-order valence-electron chi connectivity index (χ2n) is 8.32. The van der Waals surface area contributed by atoms with Crippen LogP contribution in [-0.2, 0) is 4.79 Å². The highest BCUT2D eigenvalue weighted by Crippen LogP contribution is 2.32. The lowest BCUT2D eigenvalue weighted by Crippen LogP contribution is -2.55. The van der Waals surface area contributed by atoms with Crippen LogP contribution in [0.2, 0.25) is 5.02 Å². The fraction of sp³-hybridized carbons (Fsp3) is 0.522. The van der Waals surface area contributed by atoms with Gasteiger partial charge in [-0.05, 0) is 50.7 Å². The molecule has 0 radical (unpaired) electrons. The van der Waals surface area contributed by atoms with Gasteiger partial charge in [0.15, 0.2) is 11.5 Å². The molecule has 1 saturated heterocycles. The second-order valence-corrected chi connectivity index (χ2v) is 9.98. The van der Waals surface area contributed by atoms with Gasteiger partial charge in [-0.25, -0.2) is 9.37 Å². The minimum Gasteiger partial charge on any atom is -0.485 e. The summed E-state index contributed by atoms with van der Waals surface area (Å²) in [6, 6.07) is 1.53. The van der Waals surface area contributed by atoms with Crippen LogP contribution < -0.4 is 20.2 Å². The predicted octanol–water partition coefficient (Wildman–Crippen LogP) is 3.89. The number of alkyl halides is 1. The van der Waals surface area contributed by atoms with E-state index in [1.165, 1.54) is 12.3 Å². The zero-order chi connectivity index (χ0) is 24.7. The number of nitrogens with zero attached hydrogens (tertiary/aromatic N) is 3. The number of carbonyl (C=O) groups is 1. The number of hydrogen-bond donors (Lipinski definition) is 2. The maximum Gasteiger partial charge on any atom is 0.288 e. The normalized spacial score (nSPS) is 18.4. The third kappa shape index (κ3) is 6.56. The lowest BCUT2D eigenvalue weighted by molar-refractivity contribution is -0.117. The second kappa shape index (κ2) is 11.8. The number of nitrogens with one attached hydrogen (secondary N) is 2. The molecule has 0 aliphatic carbocycles. The molecular formula is C23H31ClFN5O3S. The van der Waals surface area contributed by atoms with Crippen molar-refractivity contribution in [3.8, 4) is 11.6 Å². The summed E-state index contributed by atoms with van der Waals surface area (Å²) in [4.78, 5) is 21.4. The summed E-state index contributed by atoms with van der Waals surface area (Å²) in [6.07, 6.45) is 5.23. The maximum absolute atomic E-state index is 13.0. The first-order valence-corrected chi connectivity index (χ1v) is 12.6. The van der Waals surface area contributed by atoms with Crippen LogP contribution in [0.3, 0.4) is 0 Å². The van der Waals surface area contributed by atoms with Crippen molar-refractivity contribution in [2.75, 3.05) is 38.4 Å². The molecule has 1 aromatic rings. The van der Waals surface area contributed by atoms with Crippen LogP contribution in [0, 0.1) is 0 Å². The summed E-state index contributed by atoms with van der Waals surface area (Å²) in [5.41, 5.74) is 4.48. The zero-order valence-corrected chi connectivity index (χ0v) is 21.5. The van der Waals surface area contributed by atoms with Gasteiger partial charge in [0.1, 0.15) is 13.3 Å². The molecule has 0 aromatic carbocycles. The third-order valence-electron chi connectivity index (χ3n) is 5.68. The number of aromatic nitrogens is 1. The predicted molar refractivity (Wildman–Crippen MR) is 134 cm³/mol. The number of pyridine rings is 1. The molecule has 11 heteroatoms. The van der Waals surface area contributed by atoms with Crippen molar-refractivity contribution < 1.29 is 18.7 Å². The van der Waals surface area contributed by atoms with Gasteiger partial charge in [-0.1, -0.05) is 17.7 Å². The van der Waals surface area contributed by atoms with Gasteiger partial charge in [-0.15, -0.1) is 0 Å². The maximum atomic E-state index is 13.0. The Kier molecular flexibility index (Phi) is 9.07. The van der Waals surface area contributed by atoms with Crippen molar-refractivity contribution in [2.45, 2.75) is 39.2 Å². The number of aliphatic imine (C=N–C) groups is 1. The van der Waals surface area contributed by atoms with Crippen LogP contribution in [0.5, 0.6) is 11.6 Å². The van der Waals surface area contributed by atoms with E-state index in [1.54, 1.807) is 12.1 Å². The number of amides is 1. The smallest absolute Gasteiger partial charge is 0.288 e. The number of allylic oxidation sites excluding steroid dienone is 2. The highest BCUT2D eigenvalue weighted by atomic mass is 35.5. The molecule has 0 saturated carbocycles. The summed E-state index contributed by atoms with van der Waals surface area (Å²) in [6.45, 7) is 5.57. The molecule has 0 bridgehead atoms. The Labute approximate surface area is 209 Å². The van der Waals surface area contributed by atoms with Gasteiger partial charge in [0.25, 0.3) is 11.8 Å². The molecule has 3 heterocycles. The molecule has 0 unspecified atom stereocenters. The van der Waals surface area contributed by atoms with Crippen molar-refractivity contribution in [1.29, 1.82) is 0 Å². The van der Waals surface area contributed by atoms with Gasteiger partial charge >= 0.3 is 0 Å². The number of ether oxygens (including phenoxy) is 2. The lowest BCUT2D eigenvalue weighted by Gasteiger charge is -2.35. The molecule has 0 spiro atoms. The monoisotopic (exact) mass is 511 g/mol. The Morgan fingerprint density at radius 1 is 1.38 bits per heavy atom. The highest BCUT2D eigenvalue weighted by molar-refractivity contribution is 7.99. The summed E-state index contributed by atoms with van der Waals surface area (Å²) in [5.74, 6) is 2.96. The SMILES string of the molecule is CN=C(NN1CC=C(C)C(Oc2ncc(Cl)cc2OCCF)=C1C)C(=O)NC1(C)CCSCC1. The first-order valence-electron chi connectivity index (χ1n) is 11.1. The van der Waals surface area contributed by atoms with Gasteiger partial charge in [0, 0.05) is 24.8 Å². The van der Waals surface area contributed by atoms with Gasteiger partial charge < -0.3 is 14.8 Å². The Hall–Kier alpha value is -2.46. The quantitative estimate of drug-likeness (QED) is 0.424. The van der Waals surface area contributed by atoms with E-state index in [1.807, 2.05) is 31.7 Å². The molecule has 2 aliphatic heterocycles. The number of thioether (sulfide) groups is 1. The Morgan fingerprint density at radius 3 is 2.79 bits per heavy atom. The van der Waals surface area contributed by atoms with Crippen LogP contribution in [-0.4, -0.2) is 65.7 Å². The first kappa shape index (κ1) is 26.2. The van der Waals surface area contributed by atoms with Crippen LogP contribution in [0.15, 0.2) is 40.4 Å². The summed E-state index contributed by atoms with van der Waals surface area (Å²) < 4.78 is 24.1. The number of halogens is 2. The average Bonchev–Trinajstić information content (AvgIpc) is 2.81. The Morgan fingerprint density at radius 2 is 2.12 bits per heavy atom. The summed E-state index contributed by atoms with van der Waals surface area (Å²) in [7, 11) is 1.58. The standard InChI is InChI=1S/C23H31ClFN5O3S/c1-15-5-9-30(29-20(26-4)21(31)28-23(3)6-11-34-12-7-23)16(2)19(15)33-22-18(32-10-8-25)13-17(24)14-27-22/h5,13-14H,6-12H2,1-4H3,(H,26,29)(H,28,31). The van der Waals surface area contributed by atoms with E-state index in [-0.39, 0.29) is 35.5 Å². The molecule has 1 fully saturated rings. The molecule has 34 heavy (non-hydrogen) atoms. The van der Waals surface area contributed by atoms with Crippen molar-refractivity contribution in [3.05, 3.63) is 40.4 Å². The van der Waals surface area contributed by atoms with E-state index in [4.69, 9.17) is 21.1 Å². The molecule has 8 nitrogen and oxygen atoms in total. The molecule has 2 aliphatic rings. The molecule has 3 rings (SSSR count). The summed E-state index contributed by atoms with van der Waals surface area (Å²) in [5, 5.41) is 5.27. The number of carbonyl (C=O) groups excluding carboxylic acids is 1. The molecule has 186 valence electrons. The number of hydrazine groups is 1. The molecule has 0 atom stereocenters. The van der Waals surface area contributed by atoms with E-state index in [9.17, 15) is 9.18 Å². The van der Waals surface area contributed by atoms with E-state index >= 15 is 0 Å². The fourth-order valence-electron chi connectivity index (χ4n) is 3.59. The Bertz CT molecular complexity index is 995. The van der Waals surface area contributed by atoms with Crippen molar-refractivity contribution in [2.24, 2.45) is 4.99 Å². The van der Waals surface area contributed by atoms with E-state index in [0.29, 0.717) is 17.3 Å². The molecular weight excluding hydrogens is 481 g/mol. The molecule has 1 aromatic heterocycles. The average molecular weight is 512 g/mol. The largest absolute Gasteiger partial charge is 0.485 e. The van der Waals surface area contributed by atoms with Crippen molar-refractivity contribution in [1.82, 2.24) is 20.7 Å². The van der Waals surface area contributed by atoms with E-state index in [2.05, 4.69) is 27.6 Å². The number of hydrogen-bond acceptors (Lipinski definition) is 7. The Balaban J connectivity index is 1.76. The van der Waals surface area contributed by atoms with Crippen LogP contribution in [0.4, 0.5) is 4.39 Å². The fourth-order valence-corrected chi connectivity index (χ4v) is 5.14. The van der Waals surface area contributed by atoms with Gasteiger partial charge in [-0.2, -0.15) is 11.8 Å².